The summed E-state index contributed by atoms with van der Waals surface area (Å²) in [4.78, 5) is 30.7. The van der Waals surface area contributed by atoms with Gasteiger partial charge in [0.05, 0.1) is 12.7 Å². The molecule has 0 bridgehead atoms. The topological polar surface area (TPSA) is 62.7 Å². The van der Waals surface area contributed by atoms with Crippen LogP contribution in [0.5, 0.6) is 0 Å². The fourth-order valence-electron chi connectivity index (χ4n) is 1.96. The first-order valence-corrected chi connectivity index (χ1v) is 6.72. The minimum atomic E-state index is -0.386. The quantitative estimate of drug-likeness (QED) is 0.742. The van der Waals surface area contributed by atoms with E-state index in [9.17, 15) is 9.59 Å². The van der Waals surface area contributed by atoms with Crippen LogP contribution in [0.2, 0.25) is 10.3 Å². The number of methoxy groups -OCH3 is 1. The maximum Gasteiger partial charge on any atom is 0.409 e. The summed E-state index contributed by atoms with van der Waals surface area (Å²) in [5.74, 6) is -0.219. The third kappa shape index (κ3) is 3.13. The van der Waals surface area contributed by atoms with Crippen LogP contribution in [-0.2, 0) is 4.74 Å². The van der Waals surface area contributed by atoms with Crippen molar-refractivity contribution in [3.63, 3.8) is 0 Å². The lowest BCUT2D eigenvalue weighted by Crippen LogP contribution is -2.50. The van der Waals surface area contributed by atoms with Crippen LogP contribution in [0.1, 0.15) is 10.4 Å². The average Bonchev–Trinajstić information content (AvgIpc) is 2.46. The van der Waals surface area contributed by atoms with E-state index in [-0.39, 0.29) is 22.3 Å². The Balaban J connectivity index is 2.03. The fourth-order valence-corrected chi connectivity index (χ4v) is 2.39. The van der Waals surface area contributed by atoms with Crippen molar-refractivity contribution in [2.24, 2.45) is 0 Å². The van der Waals surface area contributed by atoms with E-state index in [4.69, 9.17) is 23.2 Å². The van der Waals surface area contributed by atoms with Crippen molar-refractivity contribution in [3.05, 3.63) is 28.0 Å². The maximum absolute atomic E-state index is 12.3. The average molecular weight is 318 g/mol. The zero-order valence-corrected chi connectivity index (χ0v) is 12.3. The van der Waals surface area contributed by atoms with E-state index in [0.717, 1.165) is 0 Å². The van der Waals surface area contributed by atoms with Gasteiger partial charge in [0.2, 0.25) is 0 Å². The molecular weight excluding hydrogens is 305 g/mol. The van der Waals surface area contributed by atoms with Gasteiger partial charge in [-0.3, -0.25) is 4.79 Å². The molecule has 0 spiro atoms. The number of halogens is 2. The number of pyridine rings is 1. The van der Waals surface area contributed by atoms with E-state index >= 15 is 0 Å². The molecule has 8 heteroatoms. The molecule has 0 N–H and O–H groups in total. The van der Waals surface area contributed by atoms with Gasteiger partial charge < -0.3 is 14.5 Å². The largest absolute Gasteiger partial charge is 0.453 e. The third-order valence-corrected chi connectivity index (χ3v) is 3.54. The van der Waals surface area contributed by atoms with Crippen LogP contribution < -0.4 is 0 Å². The van der Waals surface area contributed by atoms with E-state index in [1.165, 1.54) is 13.2 Å². The molecule has 2 amide bonds. The molecular formula is C12H13Cl2N3O3. The molecule has 0 unspecified atom stereocenters. The van der Waals surface area contributed by atoms with Gasteiger partial charge >= 0.3 is 6.09 Å². The van der Waals surface area contributed by atoms with Crippen LogP contribution in [0, 0.1) is 0 Å². The zero-order chi connectivity index (χ0) is 14.7. The number of nitrogens with zero attached hydrogens (tertiary/aromatic N) is 3. The number of aromatic nitrogens is 1. The van der Waals surface area contributed by atoms with Crippen molar-refractivity contribution in [1.82, 2.24) is 14.8 Å². The second-order valence-electron chi connectivity index (χ2n) is 4.22. The van der Waals surface area contributed by atoms with E-state index in [2.05, 4.69) is 9.72 Å². The Kier molecular flexibility index (Phi) is 4.67. The molecule has 1 aromatic rings. The summed E-state index contributed by atoms with van der Waals surface area (Å²) in [6.45, 7) is 1.70. The minimum Gasteiger partial charge on any atom is -0.453 e. The lowest BCUT2D eigenvalue weighted by Gasteiger charge is -2.33. The number of carbonyl (C=O) groups excluding carboxylic acids is 2. The predicted octanol–water partition coefficient (Wildman–Crippen LogP) is 1.91. The monoisotopic (exact) mass is 317 g/mol. The Morgan fingerprint density at radius 3 is 2.30 bits per heavy atom. The SMILES string of the molecule is COC(=O)N1CCN(C(=O)c2ccc(Cl)nc2Cl)CC1. The minimum absolute atomic E-state index is 0.0814. The summed E-state index contributed by atoms with van der Waals surface area (Å²) in [5.41, 5.74) is 0.308. The lowest BCUT2D eigenvalue weighted by molar-refractivity contribution is 0.0599. The highest BCUT2D eigenvalue weighted by Gasteiger charge is 2.26. The van der Waals surface area contributed by atoms with Gasteiger partial charge in [-0.25, -0.2) is 9.78 Å². The summed E-state index contributed by atoms with van der Waals surface area (Å²) in [6.07, 6.45) is -0.386. The second kappa shape index (κ2) is 6.28. The van der Waals surface area contributed by atoms with Crippen molar-refractivity contribution >= 4 is 35.2 Å². The van der Waals surface area contributed by atoms with Crippen molar-refractivity contribution in [2.75, 3.05) is 33.3 Å². The Morgan fingerprint density at radius 1 is 1.15 bits per heavy atom. The Labute approximate surface area is 126 Å². The van der Waals surface area contributed by atoms with Crippen LogP contribution in [0.4, 0.5) is 4.79 Å². The van der Waals surface area contributed by atoms with Crippen LogP contribution in [-0.4, -0.2) is 60.1 Å². The summed E-state index contributed by atoms with van der Waals surface area (Å²) >= 11 is 11.6. The maximum atomic E-state index is 12.3. The molecule has 0 aromatic carbocycles. The Morgan fingerprint density at radius 2 is 1.75 bits per heavy atom. The third-order valence-electron chi connectivity index (χ3n) is 3.04. The van der Waals surface area contributed by atoms with Crippen molar-refractivity contribution in [1.29, 1.82) is 0 Å². The highest BCUT2D eigenvalue weighted by atomic mass is 35.5. The number of carbonyl (C=O) groups is 2. The number of amides is 2. The number of hydrogen-bond donors (Lipinski definition) is 0. The molecule has 0 atom stereocenters. The second-order valence-corrected chi connectivity index (χ2v) is 4.97. The Bertz CT molecular complexity index is 531. The number of rotatable bonds is 1. The van der Waals surface area contributed by atoms with Gasteiger partial charge in [0.25, 0.3) is 5.91 Å². The van der Waals surface area contributed by atoms with E-state index in [0.29, 0.717) is 31.7 Å². The van der Waals surface area contributed by atoms with E-state index < -0.39 is 0 Å². The molecule has 1 fully saturated rings. The summed E-state index contributed by atoms with van der Waals surface area (Å²) < 4.78 is 4.64. The first-order valence-electron chi connectivity index (χ1n) is 5.97. The van der Waals surface area contributed by atoms with Crippen molar-refractivity contribution in [3.8, 4) is 0 Å². The standard InChI is InChI=1S/C12H13Cl2N3O3/c1-20-12(19)17-6-4-16(5-7-17)11(18)8-2-3-9(13)15-10(8)14/h2-3H,4-7H2,1H3. The predicted molar refractivity (Wildman–Crippen MR) is 74.1 cm³/mol. The molecule has 20 heavy (non-hydrogen) atoms. The van der Waals surface area contributed by atoms with Crippen molar-refractivity contribution < 1.29 is 14.3 Å². The van der Waals surface area contributed by atoms with Gasteiger partial charge in [-0.1, -0.05) is 23.2 Å². The molecule has 1 aromatic heterocycles. The first-order chi connectivity index (χ1) is 9.52. The smallest absolute Gasteiger partial charge is 0.409 e. The number of ether oxygens (including phenoxy) is 1. The number of piperazine rings is 1. The van der Waals surface area contributed by atoms with Gasteiger partial charge in [0.1, 0.15) is 10.3 Å². The molecule has 1 aliphatic heterocycles. The van der Waals surface area contributed by atoms with Crippen molar-refractivity contribution in [2.45, 2.75) is 0 Å². The first kappa shape index (κ1) is 14.9. The summed E-state index contributed by atoms with van der Waals surface area (Å²) in [5, 5.41) is 0.319. The Hall–Kier alpha value is -1.53. The molecule has 108 valence electrons. The normalized spacial score (nSPS) is 15.2. The van der Waals surface area contributed by atoms with Gasteiger partial charge in [0.15, 0.2) is 0 Å². The highest BCUT2D eigenvalue weighted by molar-refractivity contribution is 6.34. The van der Waals surface area contributed by atoms with Crippen LogP contribution in [0.3, 0.4) is 0 Å². The van der Waals surface area contributed by atoms with Gasteiger partial charge in [-0.15, -0.1) is 0 Å². The summed E-state index contributed by atoms with van der Waals surface area (Å²) in [7, 11) is 1.33. The summed E-state index contributed by atoms with van der Waals surface area (Å²) in [6, 6.07) is 3.07. The molecule has 2 rings (SSSR count). The van der Waals surface area contributed by atoms with Gasteiger partial charge in [-0.2, -0.15) is 0 Å². The van der Waals surface area contributed by atoms with E-state index in [1.807, 2.05) is 0 Å². The van der Waals surface area contributed by atoms with Crippen LogP contribution >= 0.6 is 23.2 Å². The van der Waals surface area contributed by atoms with Gasteiger partial charge in [0, 0.05) is 26.2 Å². The van der Waals surface area contributed by atoms with Crippen LogP contribution in [0.15, 0.2) is 12.1 Å². The molecule has 0 radical (unpaired) electrons. The molecule has 1 aliphatic rings. The number of hydrogen-bond acceptors (Lipinski definition) is 4. The van der Waals surface area contributed by atoms with E-state index in [1.54, 1.807) is 15.9 Å². The molecule has 6 nitrogen and oxygen atoms in total. The molecule has 0 saturated carbocycles. The molecule has 1 saturated heterocycles. The fraction of sp³-hybridized carbons (Fsp3) is 0.417. The van der Waals surface area contributed by atoms with Gasteiger partial charge in [-0.05, 0) is 12.1 Å². The molecule has 0 aliphatic carbocycles. The lowest BCUT2D eigenvalue weighted by atomic mass is 10.2. The zero-order valence-electron chi connectivity index (χ0n) is 10.8. The molecule has 2 heterocycles. The van der Waals surface area contributed by atoms with Crippen LogP contribution in [0.25, 0.3) is 0 Å². The highest BCUT2D eigenvalue weighted by Crippen LogP contribution is 2.19.